The predicted molar refractivity (Wildman–Crippen MR) is 102 cm³/mol. The van der Waals surface area contributed by atoms with Gasteiger partial charge in [-0.05, 0) is 29.8 Å². The first-order valence-electron chi connectivity index (χ1n) is 8.13. The van der Waals surface area contributed by atoms with Crippen molar-refractivity contribution in [1.29, 1.82) is 0 Å². The number of aromatic amines is 1. The van der Waals surface area contributed by atoms with Crippen LogP contribution < -0.4 is 14.8 Å². The van der Waals surface area contributed by atoms with Gasteiger partial charge in [0.25, 0.3) is 0 Å². The van der Waals surface area contributed by atoms with Crippen LogP contribution in [0.25, 0.3) is 11.4 Å². The standard InChI is InChI=1S/C18H19N5O3S/c1-25-14-4-3-12(9-15(14)26-2)10-20-16(24)11-27-18-21-17(22-23-18)13-5-7-19-8-6-13/h3-9H,10-11H2,1-2H3,(H,20,24)(H,21,22,23). The Hall–Kier alpha value is -3.07. The van der Waals surface area contributed by atoms with Gasteiger partial charge >= 0.3 is 0 Å². The van der Waals surface area contributed by atoms with Crippen LogP contribution in [0.15, 0.2) is 47.9 Å². The number of carbonyl (C=O) groups excluding carboxylic acids is 1. The molecule has 0 bridgehead atoms. The van der Waals surface area contributed by atoms with Gasteiger partial charge in [-0.15, -0.1) is 5.10 Å². The molecule has 2 heterocycles. The van der Waals surface area contributed by atoms with Crippen molar-refractivity contribution in [2.75, 3.05) is 20.0 Å². The summed E-state index contributed by atoms with van der Waals surface area (Å²) in [6.45, 7) is 0.399. The summed E-state index contributed by atoms with van der Waals surface area (Å²) in [4.78, 5) is 20.4. The van der Waals surface area contributed by atoms with E-state index in [1.54, 1.807) is 26.6 Å². The molecule has 2 aromatic heterocycles. The van der Waals surface area contributed by atoms with Crippen LogP contribution in [0.3, 0.4) is 0 Å². The number of hydrogen-bond donors (Lipinski definition) is 2. The Balaban J connectivity index is 1.50. The maximum atomic E-state index is 12.1. The van der Waals surface area contributed by atoms with Gasteiger partial charge in [0.05, 0.1) is 20.0 Å². The van der Waals surface area contributed by atoms with Crippen molar-refractivity contribution in [3.05, 3.63) is 48.3 Å². The highest BCUT2D eigenvalue weighted by Crippen LogP contribution is 2.27. The first-order valence-corrected chi connectivity index (χ1v) is 9.11. The highest BCUT2D eigenvalue weighted by Gasteiger charge is 2.10. The molecule has 0 aliphatic rings. The minimum Gasteiger partial charge on any atom is -0.493 e. The molecule has 9 heteroatoms. The number of hydrogen-bond acceptors (Lipinski definition) is 7. The second-order valence-electron chi connectivity index (χ2n) is 5.46. The average Bonchev–Trinajstić information content (AvgIpc) is 3.20. The molecule has 1 amide bonds. The average molecular weight is 385 g/mol. The lowest BCUT2D eigenvalue weighted by atomic mass is 10.2. The molecule has 3 rings (SSSR count). The molecule has 0 unspecified atom stereocenters. The van der Waals surface area contributed by atoms with E-state index in [1.165, 1.54) is 11.8 Å². The Kier molecular flexibility index (Phi) is 6.26. The van der Waals surface area contributed by atoms with Gasteiger partial charge in [-0.2, -0.15) is 0 Å². The Labute approximate surface area is 160 Å². The van der Waals surface area contributed by atoms with Crippen LogP contribution >= 0.6 is 11.8 Å². The lowest BCUT2D eigenvalue weighted by Gasteiger charge is -2.10. The normalized spacial score (nSPS) is 10.4. The maximum absolute atomic E-state index is 12.1. The van der Waals surface area contributed by atoms with Gasteiger partial charge in [0.2, 0.25) is 11.1 Å². The molecular formula is C18H19N5O3S. The number of methoxy groups -OCH3 is 2. The van der Waals surface area contributed by atoms with Gasteiger partial charge in [0.1, 0.15) is 0 Å². The molecule has 0 saturated heterocycles. The molecular weight excluding hydrogens is 366 g/mol. The molecule has 8 nitrogen and oxygen atoms in total. The molecule has 0 saturated carbocycles. The van der Waals surface area contributed by atoms with Crippen LogP contribution in [0.1, 0.15) is 5.56 Å². The topological polar surface area (TPSA) is 102 Å². The van der Waals surface area contributed by atoms with E-state index in [2.05, 4.69) is 25.5 Å². The molecule has 0 fully saturated rings. The van der Waals surface area contributed by atoms with Crippen molar-refractivity contribution < 1.29 is 14.3 Å². The summed E-state index contributed by atoms with van der Waals surface area (Å²) in [7, 11) is 3.16. The fraction of sp³-hybridized carbons (Fsp3) is 0.222. The lowest BCUT2D eigenvalue weighted by molar-refractivity contribution is -0.118. The van der Waals surface area contributed by atoms with Crippen molar-refractivity contribution in [2.24, 2.45) is 0 Å². The number of nitrogens with zero attached hydrogens (tertiary/aromatic N) is 3. The van der Waals surface area contributed by atoms with E-state index in [9.17, 15) is 4.79 Å². The van der Waals surface area contributed by atoms with E-state index in [1.807, 2.05) is 30.3 Å². The van der Waals surface area contributed by atoms with E-state index in [-0.39, 0.29) is 11.7 Å². The van der Waals surface area contributed by atoms with E-state index >= 15 is 0 Å². The molecule has 0 aliphatic carbocycles. The molecule has 0 radical (unpaired) electrons. The first-order chi connectivity index (χ1) is 13.2. The molecule has 0 spiro atoms. The summed E-state index contributed by atoms with van der Waals surface area (Å²) in [5, 5.41) is 10.4. The summed E-state index contributed by atoms with van der Waals surface area (Å²) in [6.07, 6.45) is 3.37. The zero-order valence-corrected chi connectivity index (χ0v) is 15.7. The highest BCUT2D eigenvalue weighted by atomic mass is 32.2. The number of carbonyl (C=O) groups is 1. The second-order valence-corrected chi connectivity index (χ2v) is 6.40. The van der Waals surface area contributed by atoms with Crippen molar-refractivity contribution >= 4 is 17.7 Å². The third-order valence-corrected chi connectivity index (χ3v) is 4.54. The summed E-state index contributed by atoms with van der Waals surface area (Å²) >= 11 is 1.27. The largest absolute Gasteiger partial charge is 0.493 e. The highest BCUT2D eigenvalue weighted by molar-refractivity contribution is 7.99. The predicted octanol–water partition coefficient (Wildman–Crippen LogP) is 2.29. The van der Waals surface area contributed by atoms with E-state index in [4.69, 9.17) is 9.47 Å². The maximum Gasteiger partial charge on any atom is 0.230 e. The van der Waals surface area contributed by atoms with Crippen LogP contribution in [0, 0.1) is 0 Å². The van der Waals surface area contributed by atoms with Crippen molar-refractivity contribution in [1.82, 2.24) is 25.5 Å². The van der Waals surface area contributed by atoms with E-state index in [0.29, 0.717) is 29.0 Å². The van der Waals surface area contributed by atoms with Gasteiger partial charge in [-0.3, -0.25) is 14.9 Å². The van der Waals surface area contributed by atoms with Crippen molar-refractivity contribution in [3.8, 4) is 22.9 Å². The Morgan fingerprint density at radius 3 is 2.67 bits per heavy atom. The number of ether oxygens (including phenoxy) is 2. The van der Waals surface area contributed by atoms with Crippen molar-refractivity contribution in [2.45, 2.75) is 11.7 Å². The number of amides is 1. The fourth-order valence-electron chi connectivity index (χ4n) is 2.32. The minimum absolute atomic E-state index is 0.106. The number of aromatic nitrogens is 4. The number of thioether (sulfide) groups is 1. The van der Waals surface area contributed by atoms with Crippen LogP contribution in [0.5, 0.6) is 11.5 Å². The molecule has 27 heavy (non-hydrogen) atoms. The molecule has 3 aromatic rings. The van der Waals surface area contributed by atoms with E-state index in [0.717, 1.165) is 11.1 Å². The van der Waals surface area contributed by atoms with E-state index < -0.39 is 0 Å². The molecule has 0 aliphatic heterocycles. The van der Waals surface area contributed by atoms with Gasteiger partial charge in [0.15, 0.2) is 17.3 Å². The molecule has 140 valence electrons. The number of benzene rings is 1. The number of H-pyrrole nitrogens is 1. The Morgan fingerprint density at radius 1 is 1.15 bits per heavy atom. The van der Waals surface area contributed by atoms with Crippen LogP contribution in [-0.4, -0.2) is 46.0 Å². The van der Waals surface area contributed by atoms with Gasteiger partial charge < -0.3 is 14.8 Å². The van der Waals surface area contributed by atoms with Gasteiger partial charge in [-0.1, -0.05) is 17.8 Å². The summed E-state index contributed by atoms with van der Waals surface area (Å²) in [5.74, 6) is 2.04. The number of pyridine rings is 1. The zero-order chi connectivity index (χ0) is 19.1. The van der Waals surface area contributed by atoms with Gasteiger partial charge in [-0.25, -0.2) is 4.98 Å². The SMILES string of the molecule is COc1ccc(CNC(=O)CSc2n[nH]c(-c3ccncc3)n2)cc1OC. The molecule has 1 aromatic carbocycles. The number of nitrogens with one attached hydrogen (secondary N) is 2. The Morgan fingerprint density at radius 2 is 1.93 bits per heavy atom. The molecule has 2 N–H and O–H groups in total. The summed E-state index contributed by atoms with van der Waals surface area (Å²) in [5.41, 5.74) is 1.81. The summed E-state index contributed by atoms with van der Waals surface area (Å²) < 4.78 is 10.5. The molecule has 0 atom stereocenters. The minimum atomic E-state index is -0.106. The summed E-state index contributed by atoms with van der Waals surface area (Å²) in [6, 6.07) is 9.20. The van der Waals surface area contributed by atoms with Crippen molar-refractivity contribution in [3.63, 3.8) is 0 Å². The lowest BCUT2D eigenvalue weighted by Crippen LogP contribution is -2.24. The van der Waals surface area contributed by atoms with Crippen LogP contribution in [-0.2, 0) is 11.3 Å². The zero-order valence-electron chi connectivity index (χ0n) is 14.9. The van der Waals surface area contributed by atoms with Crippen LogP contribution in [0.4, 0.5) is 0 Å². The second kappa shape index (κ2) is 9.04. The third kappa shape index (κ3) is 4.98. The first kappa shape index (κ1) is 18.7. The van der Waals surface area contributed by atoms with Crippen LogP contribution in [0.2, 0.25) is 0 Å². The smallest absolute Gasteiger partial charge is 0.230 e. The monoisotopic (exact) mass is 385 g/mol. The van der Waals surface area contributed by atoms with Gasteiger partial charge in [0, 0.05) is 24.5 Å². The third-order valence-electron chi connectivity index (χ3n) is 3.69. The fourth-order valence-corrected chi connectivity index (χ4v) is 2.95. The Bertz CT molecular complexity index is 901. The quantitative estimate of drug-likeness (QED) is 0.574. The number of rotatable bonds is 8.